The second-order valence-electron chi connectivity index (χ2n) is 9.99. The average Bonchev–Trinajstić information content (AvgIpc) is 3.27. The lowest BCUT2D eigenvalue weighted by Crippen LogP contribution is -2.11. The van der Waals surface area contributed by atoms with Gasteiger partial charge in [-0.25, -0.2) is 0 Å². The molecule has 2 aliphatic rings. The standard InChI is InChI=1S/C36H20O2/c37-35-28-13-7-12-27-33-26-17-15-24(22-10-5-2-6-11-22)19-31(26)36(38)32(33)20-29(34(27)28)25-16-14-23(18-30(25)35)21-8-3-1-4-9-21/h1-20H. The summed E-state index contributed by atoms with van der Waals surface area (Å²) in [4.78, 5) is 27.7. The molecule has 0 saturated heterocycles. The average molecular weight is 485 g/mol. The first-order chi connectivity index (χ1) is 18.7. The molecule has 6 aromatic carbocycles. The molecule has 6 aromatic rings. The number of hydrogen-bond donors (Lipinski definition) is 0. The lowest BCUT2D eigenvalue weighted by atomic mass is 9.79. The van der Waals surface area contributed by atoms with Crippen molar-refractivity contribution in [2.75, 3.05) is 0 Å². The summed E-state index contributed by atoms with van der Waals surface area (Å²) < 4.78 is 0. The predicted octanol–water partition coefficient (Wildman–Crippen LogP) is 8.60. The Morgan fingerprint density at radius 1 is 0.342 bits per heavy atom. The molecule has 0 aromatic heterocycles. The van der Waals surface area contributed by atoms with E-state index in [9.17, 15) is 9.59 Å². The van der Waals surface area contributed by atoms with Crippen molar-refractivity contribution < 1.29 is 9.59 Å². The van der Waals surface area contributed by atoms with Crippen molar-refractivity contribution in [3.8, 4) is 44.5 Å². The summed E-state index contributed by atoms with van der Waals surface area (Å²) in [6.45, 7) is 0. The molecule has 38 heavy (non-hydrogen) atoms. The third kappa shape index (κ3) is 2.83. The van der Waals surface area contributed by atoms with Gasteiger partial charge in [-0.15, -0.1) is 0 Å². The van der Waals surface area contributed by atoms with E-state index in [0.29, 0.717) is 16.7 Å². The zero-order chi connectivity index (χ0) is 25.4. The van der Waals surface area contributed by atoms with Crippen LogP contribution < -0.4 is 0 Å². The number of benzene rings is 6. The van der Waals surface area contributed by atoms with Crippen LogP contribution in [0.3, 0.4) is 0 Å². The van der Waals surface area contributed by atoms with E-state index in [4.69, 9.17) is 0 Å². The van der Waals surface area contributed by atoms with Crippen molar-refractivity contribution in [2.45, 2.75) is 0 Å². The van der Waals surface area contributed by atoms with Crippen LogP contribution in [0.25, 0.3) is 55.3 Å². The zero-order valence-electron chi connectivity index (χ0n) is 20.4. The number of fused-ring (bicyclic) bond motifs is 6. The van der Waals surface area contributed by atoms with Crippen LogP contribution in [-0.4, -0.2) is 11.6 Å². The van der Waals surface area contributed by atoms with Crippen molar-refractivity contribution in [2.24, 2.45) is 0 Å². The maximum atomic E-state index is 13.8. The summed E-state index contributed by atoms with van der Waals surface area (Å²) in [5, 5.41) is 1.89. The Morgan fingerprint density at radius 2 is 0.921 bits per heavy atom. The van der Waals surface area contributed by atoms with Crippen LogP contribution in [0.5, 0.6) is 0 Å². The Kier molecular flexibility index (Phi) is 4.27. The molecule has 176 valence electrons. The molecule has 0 radical (unpaired) electrons. The zero-order valence-corrected chi connectivity index (χ0v) is 20.4. The fourth-order valence-corrected chi connectivity index (χ4v) is 6.18. The molecule has 2 aliphatic carbocycles. The Hall–Kier alpha value is -5.08. The van der Waals surface area contributed by atoms with Crippen molar-refractivity contribution in [1.82, 2.24) is 0 Å². The summed E-state index contributed by atoms with van der Waals surface area (Å²) in [5.74, 6) is 0.0653. The molecule has 8 rings (SSSR count). The Bertz CT molecular complexity index is 1980. The summed E-state index contributed by atoms with van der Waals surface area (Å²) in [7, 11) is 0. The van der Waals surface area contributed by atoms with Gasteiger partial charge in [0.05, 0.1) is 0 Å². The van der Waals surface area contributed by atoms with E-state index in [1.807, 2.05) is 78.9 Å². The molecular formula is C36H20O2. The minimum absolute atomic E-state index is 0.0276. The van der Waals surface area contributed by atoms with Crippen LogP contribution in [0.1, 0.15) is 31.8 Å². The Balaban J connectivity index is 1.37. The van der Waals surface area contributed by atoms with Crippen molar-refractivity contribution in [3.63, 3.8) is 0 Å². The fraction of sp³-hybridized carbons (Fsp3) is 0. The minimum atomic E-state index is 0.0276. The van der Waals surface area contributed by atoms with Crippen LogP contribution in [0.2, 0.25) is 0 Å². The third-order valence-corrected chi connectivity index (χ3v) is 7.95. The van der Waals surface area contributed by atoms with Gasteiger partial charge < -0.3 is 0 Å². The number of hydrogen-bond acceptors (Lipinski definition) is 2. The molecule has 0 heterocycles. The van der Waals surface area contributed by atoms with Gasteiger partial charge in [0, 0.05) is 33.2 Å². The summed E-state index contributed by atoms with van der Waals surface area (Å²) >= 11 is 0. The van der Waals surface area contributed by atoms with Crippen molar-refractivity contribution in [3.05, 3.63) is 144 Å². The van der Waals surface area contributed by atoms with E-state index in [0.717, 1.165) is 60.8 Å². The predicted molar refractivity (Wildman–Crippen MR) is 153 cm³/mol. The van der Waals surface area contributed by atoms with Crippen LogP contribution in [0.15, 0.2) is 121 Å². The maximum Gasteiger partial charge on any atom is 0.194 e. The molecule has 0 unspecified atom stereocenters. The summed E-state index contributed by atoms with van der Waals surface area (Å²) in [5.41, 5.74) is 10.7. The molecule has 0 spiro atoms. The third-order valence-electron chi connectivity index (χ3n) is 7.95. The molecule has 0 saturated carbocycles. The molecular weight excluding hydrogens is 464 g/mol. The van der Waals surface area contributed by atoms with Crippen molar-refractivity contribution in [1.29, 1.82) is 0 Å². The highest BCUT2D eigenvalue weighted by Crippen LogP contribution is 2.49. The van der Waals surface area contributed by atoms with Gasteiger partial charge in [0.2, 0.25) is 0 Å². The molecule has 0 N–H and O–H groups in total. The van der Waals surface area contributed by atoms with E-state index < -0.39 is 0 Å². The van der Waals surface area contributed by atoms with E-state index in [-0.39, 0.29) is 11.6 Å². The van der Waals surface area contributed by atoms with E-state index in [1.165, 1.54) is 0 Å². The second kappa shape index (κ2) is 7.71. The molecule has 2 nitrogen and oxygen atoms in total. The second-order valence-corrected chi connectivity index (χ2v) is 9.99. The van der Waals surface area contributed by atoms with Crippen molar-refractivity contribution >= 4 is 22.3 Å². The Morgan fingerprint density at radius 3 is 1.58 bits per heavy atom. The first-order valence-corrected chi connectivity index (χ1v) is 12.8. The lowest BCUT2D eigenvalue weighted by Gasteiger charge is -2.22. The van der Waals surface area contributed by atoms with Gasteiger partial charge in [-0.05, 0) is 62.5 Å². The largest absolute Gasteiger partial charge is 0.289 e. The van der Waals surface area contributed by atoms with Crippen LogP contribution in [0.4, 0.5) is 0 Å². The minimum Gasteiger partial charge on any atom is -0.289 e. The highest BCUT2D eigenvalue weighted by atomic mass is 16.1. The van der Waals surface area contributed by atoms with Gasteiger partial charge in [0.25, 0.3) is 0 Å². The molecule has 2 heteroatoms. The molecule has 0 atom stereocenters. The normalized spacial score (nSPS) is 12.8. The summed E-state index contributed by atoms with van der Waals surface area (Å²) in [6, 6.07) is 40.4. The van der Waals surface area contributed by atoms with Crippen LogP contribution >= 0.6 is 0 Å². The van der Waals surface area contributed by atoms with Crippen LogP contribution in [-0.2, 0) is 0 Å². The molecule has 0 amide bonds. The van der Waals surface area contributed by atoms with Gasteiger partial charge >= 0.3 is 0 Å². The van der Waals surface area contributed by atoms with Gasteiger partial charge in [0.1, 0.15) is 0 Å². The van der Waals surface area contributed by atoms with Gasteiger partial charge in [-0.3, -0.25) is 9.59 Å². The lowest BCUT2D eigenvalue weighted by molar-refractivity contribution is 0.103. The van der Waals surface area contributed by atoms with Gasteiger partial charge in [-0.1, -0.05) is 103 Å². The monoisotopic (exact) mass is 484 g/mol. The molecule has 0 aliphatic heterocycles. The summed E-state index contributed by atoms with van der Waals surface area (Å²) in [6.07, 6.45) is 0. The highest BCUT2D eigenvalue weighted by Gasteiger charge is 2.34. The van der Waals surface area contributed by atoms with E-state index in [2.05, 4.69) is 42.5 Å². The van der Waals surface area contributed by atoms with Crippen LogP contribution in [0, 0.1) is 0 Å². The highest BCUT2D eigenvalue weighted by molar-refractivity contribution is 6.33. The van der Waals surface area contributed by atoms with E-state index >= 15 is 0 Å². The first-order valence-electron chi connectivity index (χ1n) is 12.8. The van der Waals surface area contributed by atoms with Gasteiger partial charge in [0.15, 0.2) is 11.6 Å². The SMILES string of the molecule is O=C1c2cc(-c3ccccc3)ccc2-c2c1cc1c3c(cccc23)C(=O)c2cc(-c3ccccc3)ccc2-1. The number of ketones is 2. The van der Waals surface area contributed by atoms with E-state index in [1.54, 1.807) is 0 Å². The Labute approximate surface area is 219 Å². The maximum absolute atomic E-state index is 13.8. The number of carbonyl (C=O) groups is 2. The number of carbonyl (C=O) groups excluding carboxylic acids is 2. The quantitative estimate of drug-likeness (QED) is 0.246. The topological polar surface area (TPSA) is 34.1 Å². The fourth-order valence-electron chi connectivity index (χ4n) is 6.18. The molecule has 0 fully saturated rings. The molecule has 0 bridgehead atoms. The first kappa shape index (κ1) is 21.0. The number of rotatable bonds is 2. The smallest absolute Gasteiger partial charge is 0.194 e. The van der Waals surface area contributed by atoms with Gasteiger partial charge in [-0.2, -0.15) is 0 Å².